The van der Waals surface area contributed by atoms with Crippen LogP contribution in [-0.4, -0.2) is 33.1 Å². The summed E-state index contributed by atoms with van der Waals surface area (Å²) in [6.07, 6.45) is 0.0905. The SMILES string of the molecule is COc1cc(NC(=O)[C@H]2CC(=O)Nc3ccccc32)cc(OC)c1OC. The topological polar surface area (TPSA) is 85.9 Å². The molecule has 3 rings (SSSR count). The van der Waals surface area contributed by atoms with Crippen LogP contribution in [0.15, 0.2) is 36.4 Å². The van der Waals surface area contributed by atoms with Crippen LogP contribution in [0.1, 0.15) is 17.9 Å². The Morgan fingerprint density at radius 1 is 1.08 bits per heavy atom. The molecule has 1 heterocycles. The smallest absolute Gasteiger partial charge is 0.232 e. The minimum Gasteiger partial charge on any atom is -0.493 e. The zero-order valence-corrected chi connectivity index (χ0v) is 14.8. The Morgan fingerprint density at radius 3 is 2.35 bits per heavy atom. The van der Waals surface area contributed by atoms with E-state index in [4.69, 9.17) is 14.2 Å². The van der Waals surface area contributed by atoms with Crippen molar-refractivity contribution in [1.29, 1.82) is 0 Å². The molecule has 1 atom stereocenters. The van der Waals surface area contributed by atoms with Gasteiger partial charge in [0.05, 0.1) is 27.2 Å². The lowest BCUT2D eigenvalue weighted by Gasteiger charge is -2.25. The van der Waals surface area contributed by atoms with Crippen LogP contribution in [0.4, 0.5) is 11.4 Å². The van der Waals surface area contributed by atoms with Gasteiger partial charge >= 0.3 is 0 Å². The maximum Gasteiger partial charge on any atom is 0.232 e. The highest BCUT2D eigenvalue weighted by molar-refractivity contribution is 6.05. The van der Waals surface area contributed by atoms with E-state index in [2.05, 4.69) is 10.6 Å². The number of hydrogen-bond donors (Lipinski definition) is 2. The first kappa shape index (κ1) is 17.6. The number of rotatable bonds is 5. The molecule has 2 aromatic rings. The summed E-state index contributed by atoms with van der Waals surface area (Å²) in [5.74, 6) is 0.276. The van der Waals surface area contributed by atoms with E-state index in [1.165, 1.54) is 21.3 Å². The molecule has 2 amide bonds. The molecule has 0 aromatic heterocycles. The molecular formula is C19H20N2O5. The van der Waals surface area contributed by atoms with Crippen LogP contribution >= 0.6 is 0 Å². The standard InChI is InChI=1S/C19H20N2O5/c1-24-15-8-11(9-16(25-2)18(15)26-3)20-19(23)13-10-17(22)21-14-7-5-4-6-12(13)14/h4-9,13H,10H2,1-3H3,(H,20,23)(H,21,22)/t13-/m0/s1. The van der Waals surface area contributed by atoms with Crippen LogP contribution in [0, 0.1) is 0 Å². The average molecular weight is 356 g/mol. The van der Waals surface area contributed by atoms with Gasteiger partial charge in [-0.15, -0.1) is 0 Å². The molecule has 1 aliphatic heterocycles. The molecule has 1 aliphatic rings. The molecule has 0 bridgehead atoms. The lowest BCUT2D eigenvalue weighted by atomic mass is 9.90. The van der Waals surface area contributed by atoms with E-state index < -0.39 is 5.92 Å². The van der Waals surface area contributed by atoms with Gasteiger partial charge in [-0.2, -0.15) is 0 Å². The fourth-order valence-electron chi connectivity index (χ4n) is 3.03. The van der Waals surface area contributed by atoms with Gasteiger partial charge in [0.2, 0.25) is 17.6 Å². The summed E-state index contributed by atoms with van der Waals surface area (Å²) in [7, 11) is 4.52. The van der Waals surface area contributed by atoms with Crippen molar-refractivity contribution in [3.8, 4) is 17.2 Å². The van der Waals surface area contributed by atoms with Crippen molar-refractivity contribution in [2.45, 2.75) is 12.3 Å². The molecule has 0 fully saturated rings. The number of fused-ring (bicyclic) bond motifs is 1. The molecule has 0 unspecified atom stereocenters. The molecule has 2 N–H and O–H groups in total. The number of carbonyl (C=O) groups is 2. The molecule has 136 valence electrons. The van der Waals surface area contributed by atoms with Crippen LogP contribution in [0.5, 0.6) is 17.2 Å². The Balaban J connectivity index is 1.90. The molecule has 7 nitrogen and oxygen atoms in total. The Labute approximate surface area is 151 Å². The van der Waals surface area contributed by atoms with Crippen molar-refractivity contribution >= 4 is 23.2 Å². The van der Waals surface area contributed by atoms with Crippen molar-refractivity contribution in [3.05, 3.63) is 42.0 Å². The van der Waals surface area contributed by atoms with Crippen LogP contribution < -0.4 is 24.8 Å². The first-order valence-electron chi connectivity index (χ1n) is 8.07. The first-order chi connectivity index (χ1) is 12.6. The van der Waals surface area contributed by atoms with Crippen molar-refractivity contribution in [2.75, 3.05) is 32.0 Å². The van der Waals surface area contributed by atoms with Gasteiger partial charge in [-0.1, -0.05) is 18.2 Å². The van der Waals surface area contributed by atoms with Crippen LogP contribution in [0.3, 0.4) is 0 Å². The van der Waals surface area contributed by atoms with E-state index in [0.717, 1.165) is 5.56 Å². The van der Waals surface area contributed by atoms with Gasteiger partial charge < -0.3 is 24.8 Å². The van der Waals surface area contributed by atoms with Gasteiger partial charge in [-0.3, -0.25) is 9.59 Å². The van der Waals surface area contributed by atoms with Gasteiger partial charge in [0.1, 0.15) is 0 Å². The number of hydrogen-bond acceptors (Lipinski definition) is 5. The quantitative estimate of drug-likeness (QED) is 0.860. The zero-order valence-electron chi connectivity index (χ0n) is 14.8. The minimum absolute atomic E-state index is 0.0905. The molecule has 0 saturated heterocycles. The molecule has 2 aromatic carbocycles. The van der Waals surface area contributed by atoms with Crippen LogP contribution in [0.2, 0.25) is 0 Å². The highest BCUT2D eigenvalue weighted by atomic mass is 16.5. The fraction of sp³-hybridized carbons (Fsp3) is 0.263. The second kappa shape index (κ2) is 7.35. The molecule has 0 aliphatic carbocycles. The zero-order chi connectivity index (χ0) is 18.7. The molecule has 26 heavy (non-hydrogen) atoms. The molecule has 0 radical (unpaired) electrons. The number of nitrogens with one attached hydrogen (secondary N) is 2. The van der Waals surface area contributed by atoms with E-state index in [9.17, 15) is 9.59 Å². The van der Waals surface area contributed by atoms with E-state index in [0.29, 0.717) is 28.6 Å². The Kier molecular flexibility index (Phi) is 4.97. The monoisotopic (exact) mass is 356 g/mol. The summed E-state index contributed by atoms with van der Waals surface area (Å²) in [5.41, 5.74) is 1.94. The molecule has 0 saturated carbocycles. The lowest BCUT2D eigenvalue weighted by Crippen LogP contribution is -2.30. The second-order valence-electron chi connectivity index (χ2n) is 5.80. The number of ether oxygens (including phenoxy) is 3. The number of para-hydroxylation sites is 1. The summed E-state index contributed by atoms with van der Waals surface area (Å²) in [4.78, 5) is 24.8. The Hall–Kier alpha value is -3.22. The minimum atomic E-state index is -0.570. The fourth-order valence-corrected chi connectivity index (χ4v) is 3.03. The third-order valence-electron chi connectivity index (χ3n) is 4.25. The van der Waals surface area contributed by atoms with E-state index >= 15 is 0 Å². The number of anilines is 2. The van der Waals surface area contributed by atoms with Crippen molar-refractivity contribution < 1.29 is 23.8 Å². The third kappa shape index (κ3) is 3.28. The maximum absolute atomic E-state index is 12.8. The highest BCUT2D eigenvalue weighted by Crippen LogP contribution is 2.40. The van der Waals surface area contributed by atoms with Crippen molar-refractivity contribution in [1.82, 2.24) is 0 Å². The van der Waals surface area contributed by atoms with Crippen LogP contribution in [0.25, 0.3) is 0 Å². The highest BCUT2D eigenvalue weighted by Gasteiger charge is 2.30. The Morgan fingerprint density at radius 2 is 1.73 bits per heavy atom. The number of benzene rings is 2. The first-order valence-corrected chi connectivity index (χ1v) is 8.07. The summed E-state index contributed by atoms with van der Waals surface area (Å²) in [6.45, 7) is 0. The van der Waals surface area contributed by atoms with E-state index in [1.807, 2.05) is 18.2 Å². The summed E-state index contributed by atoms with van der Waals surface area (Å²) in [5, 5.41) is 5.62. The van der Waals surface area contributed by atoms with E-state index in [1.54, 1.807) is 18.2 Å². The largest absolute Gasteiger partial charge is 0.493 e. The normalized spacial score (nSPS) is 15.5. The number of methoxy groups -OCH3 is 3. The average Bonchev–Trinajstić information content (AvgIpc) is 2.66. The number of carbonyl (C=O) groups excluding carboxylic acids is 2. The predicted octanol–water partition coefficient (Wildman–Crippen LogP) is 2.78. The second-order valence-corrected chi connectivity index (χ2v) is 5.80. The number of amides is 2. The van der Waals surface area contributed by atoms with Gasteiger partial charge in [-0.25, -0.2) is 0 Å². The van der Waals surface area contributed by atoms with Crippen molar-refractivity contribution in [3.63, 3.8) is 0 Å². The Bertz CT molecular complexity index is 825. The maximum atomic E-state index is 12.8. The summed E-state index contributed by atoms with van der Waals surface area (Å²) in [6, 6.07) is 10.6. The van der Waals surface area contributed by atoms with E-state index in [-0.39, 0.29) is 18.2 Å². The van der Waals surface area contributed by atoms with Gasteiger partial charge in [-0.05, 0) is 11.6 Å². The van der Waals surface area contributed by atoms with Gasteiger partial charge in [0.25, 0.3) is 0 Å². The van der Waals surface area contributed by atoms with Crippen LogP contribution in [-0.2, 0) is 9.59 Å². The third-order valence-corrected chi connectivity index (χ3v) is 4.25. The van der Waals surface area contributed by atoms with Gasteiger partial charge in [0.15, 0.2) is 11.5 Å². The molecule has 7 heteroatoms. The molecule has 0 spiro atoms. The molecular weight excluding hydrogens is 336 g/mol. The summed E-state index contributed by atoms with van der Waals surface area (Å²) < 4.78 is 15.9. The summed E-state index contributed by atoms with van der Waals surface area (Å²) >= 11 is 0. The van der Waals surface area contributed by atoms with Crippen molar-refractivity contribution in [2.24, 2.45) is 0 Å². The van der Waals surface area contributed by atoms with Gasteiger partial charge in [0, 0.05) is 29.9 Å². The predicted molar refractivity (Wildman–Crippen MR) is 97.2 cm³/mol. The lowest BCUT2D eigenvalue weighted by molar-refractivity contribution is -0.123.